The van der Waals surface area contributed by atoms with Crippen LogP contribution in [0, 0.1) is 20.8 Å². The zero-order chi connectivity index (χ0) is 26.9. The van der Waals surface area contributed by atoms with Gasteiger partial charge in [-0.1, -0.05) is 136 Å². The van der Waals surface area contributed by atoms with E-state index >= 15 is 0 Å². The summed E-state index contributed by atoms with van der Waals surface area (Å²) in [5.74, 6) is 0. The van der Waals surface area contributed by atoms with Gasteiger partial charge >= 0.3 is 0 Å². The van der Waals surface area contributed by atoms with Gasteiger partial charge in [0, 0.05) is 0 Å². The van der Waals surface area contributed by atoms with E-state index in [9.17, 15) is 0 Å². The quantitative estimate of drug-likeness (QED) is 0.304. The minimum atomic E-state index is 0.418. The maximum Gasteiger partial charge on any atom is -0.00976 e. The highest BCUT2D eigenvalue weighted by molar-refractivity contribution is 5.41. The minimum Gasteiger partial charge on any atom is -0.0988 e. The lowest BCUT2D eigenvalue weighted by molar-refractivity contribution is 0.522. The highest BCUT2D eigenvalue weighted by atomic mass is 14.3. The fraction of sp³-hybridized carbons (Fsp3) is 0.389. The Bertz CT molecular complexity index is 1140. The SMILES string of the molecule is C=CC(=C)C.Cc1ccc2c(c1)C(C)(C)CC2.Cc1ccc2c(c1)CCC2(C)C.Cc1ccccc1. The van der Waals surface area contributed by atoms with Gasteiger partial charge in [-0.3, -0.25) is 0 Å². The van der Waals surface area contributed by atoms with Gasteiger partial charge in [-0.15, -0.1) is 0 Å². The largest absolute Gasteiger partial charge is 0.0988 e. The minimum absolute atomic E-state index is 0.418. The van der Waals surface area contributed by atoms with Crippen LogP contribution in [0.2, 0.25) is 0 Å². The molecule has 0 fully saturated rings. The summed E-state index contributed by atoms with van der Waals surface area (Å²) in [6.07, 6.45) is 6.88. The van der Waals surface area contributed by atoms with Crippen LogP contribution in [-0.2, 0) is 23.7 Å². The smallest absolute Gasteiger partial charge is 0.00976 e. The molecule has 5 rings (SSSR count). The van der Waals surface area contributed by atoms with Crippen molar-refractivity contribution in [2.24, 2.45) is 0 Å². The normalized spacial score (nSPS) is 15.4. The number of aryl methyl sites for hydroxylation is 5. The van der Waals surface area contributed by atoms with E-state index < -0.39 is 0 Å². The van der Waals surface area contributed by atoms with Crippen LogP contribution in [0.25, 0.3) is 0 Å². The summed E-state index contributed by atoms with van der Waals surface area (Å²) < 4.78 is 0. The number of benzene rings is 3. The molecule has 2 aliphatic carbocycles. The Hall–Kier alpha value is -2.86. The van der Waals surface area contributed by atoms with E-state index in [0.29, 0.717) is 10.8 Å². The Morgan fingerprint density at radius 3 is 1.69 bits per heavy atom. The van der Waals surface area contributed by atoms with Gasteiger partial charge in [0.15, 0.2) is 0 Å². The van der Waals surface area contributed by atoms with Gasteiger partial charge in [0.1, 0.15) is 0 Å². The van der Waals surface area contributed by atoms with Gasteiger partial charge in [-0.2, -0.15) is 0 Å². The Balaban J connectivity index is 0.000000179. The third-order valence-electron chi connectivity index (χ3n) is 7.31. The second kappa shape index (κ2) is 12.9. The molecule has 0 spiro atoms. The first-order valence-corrected chi connectivity index (χ1v) is 13.4. The Morgan fingerprint density at radius 2 is 1.17 bits per heavy atom. The van der Waals surface area contributed by atoms with Gasteiger partial charge in [-0.05, 0) is 86.5 Å². The molecule has 0 unspecified atom stereocenters. The molecular weight excluding hydrogens is 432 g/mol. The van der Waals surface area contributed by atoms with E-state index in [1.807, 2.05) is 25.1 Å². The van der Waals surface area contributed by atoms with Gasteiger partial charge in [0.05, 0.1) is 0 Å². The molecular formula is C36H48. The van der Waals surface area contributed by atoms with E-state index in [2.05, 4.69) is 110 Å². The summed E-state index contributed by atoms with van der Waals surface area (Å²) in [5, 5.41) is 0. The molecule has 0 amide bonds. The molecule has 3 aromatic carbocycles. The van der Waals surface area contributed by atoms with Crippen molar-refractivity contribution >= 4 is 0 Å². The molecule has 0 heteroatoms. The molecule has 0 saturated carbocycles. The number of hydrogen-bond acceptors (Lipinski definition) is 0. The van der Waals surface area contributed by atoms with Crippen molar-refractivity contribution in [3.8, 4) is 0 Å². The second-order valence-electron chi connectivity index (χ2n) is 11.8. The average Bonchev–Trinajstić information content (AvgIpc) is 3.30. The molecule has 0 aliphatic heterocycles. The summed E-state index contributed by atoms with van der Waals surface area (Å²) in [4.78, 5) is 0. The van der Waals surface area contributed by atoms with E-state index in [4.69, 9.17) is 0 Å². The van der Waals surface area contributed by atoms with Crippen molar-refractivity contribution in [2.75, 3.05) is 0 Å². The van der Waals surface area contributed by atoms with E-state index in [-0.39, 0.29) is 0 Å². The van der Waals surface area contributed by atoms with Crippen LogP contribution in [-0.4, -0.2) is 0 Å². The van der Waals surface area contributed by atoms with Gasteiger partial charge in [0.25, 0.3) is 0 Å². The molecule has 0 nitrogen and oxygen atoms in total. The first-order chi connectivity index (χ1) is 16.9. The zero-order valence-electron chi connectivity index (χ0n) is 24.2. The van der Waals surface area contributed by atoms with Crippen molar-refractivity contribution in [1.29, 1.82) is 0 Å². The lowest BCUT2D eigenvalue weighted by atomic mass is 9.86. The average molecular weight is 481 g/mol. The third kappa shape index (κ3) is 8.66. The predicted molar refractivity (Wildman–Crippen MR) is 161 cm³/mol. The Labute approximate surface area is 222 Å². The van der Waals surface area contributed by atoms with Crippen LogP contribution in [0.4, 0.5) is 0 Å². The lowest BCUT2D eigenvalue weighted by Gasteiger charge is -2.18. The summed E-state index contributed by atoms with van der Waals surface area (Å²) >= 11 is 0. The van der Waals surface area contributed by atoms with Crippen molar-refractivity contribution in [2.45, 2.75) is 91.9 Å². The van der Waals surface area contributed by atoms with E-state index in [0.717, 1.165) is 5.57 Å². The molecule has 192 valence electrons. The first-order valence-electron chi connectivity index (χ1n) is 13.4. The number of allylic oxidation sites excluding steroid dienone is 2. The maximum atomic E-state index is 3.56. The fourth-order valence-electron chi connectivity index (χ4n) is 4.83. The first kappa shape index (κ1) is 29.4. The molecule has 2 aliphatic rings. The molecule has 0 radical (unpaired) electrons. The topological polar surface area (TPSA) is 0 Å². The predicted octanol–water partition coefficient (Wildman–Crippen LogP) is 10.2. The molecule has 3 aromatic rings. The van der Waals surface area contributed by atoms with Gasteiger partial charge in [-0.25, -0.2) is 0 Å². The van der Waals surface area contributed by atoms with Gasteiger partial charge in [0.2, 0.25) is 0 Å². The lowest BCUT2D eigenvalue weighted by Crippen LogP contribution is -2.11. The van der Waals surface area contributed by atoms with Crippen LogP contribution in [0.15, 0.2) is 91.5 Å². The number of hydrogen-bond donors (Lipinski definition) is 0. The molecule has 0 bridgehead atoms. The van der Waals surface area contributed by atoms with Crippen LogP contribution in [0.3, 0.4) is 0 Å². The van der Waals surface area contributed by atoms with Gasteiger partial charge < -0.3 is 0 Å². The zero-order valence-corrected chi connectivity index (χ0v) is 24.2. The van der Waals surface area contributed by atoms with Crippen molar-refractivity contribution < 1.29 is 0 Å². The maximum absolute atomic E-state index is 3.56. The van der Waals surface area contributed by atoms with Crippen molar-refractivity contribution in [1.82, 2.24) is 0 Å². The molecule has 0 saturated heterocycles. The molecule has 0 N–H and O–H groups in total. The van der Waals surface area contributed by atoms with Crippen LogP contribution in [0.5, 0.6) is 0 Å². The molecule has 0 heterocycles. The highest BCUT2D eigenvalue weighted by Gasteiger charge is 2.29. The number of rotatable bonds is 1. The Morgan fingerprint density at radius 1 is 0.667 bits per heavy atom. The van der Waals surface area contributed by atoms with E-state index in [1.165, 1.54) is 42.4 Å². The Kier molecular flexibility index (Phi) is 10.5. The summed E-state index contributed by atoms with van der Waals surface area (Å²) in [6.45, 7) is 24.7. The highest BCUT2D eigenvalue weighted by Crippen LogP contribution is 2.39. The molecule has 0 atom stereocenters. The summed E-state index contributed by atoms with van der Waals surface area (Å²) in [5.41, 5.74) is 12.2. The second-order valence-corrected chi connectivity index (χ2v) is 11.8. The van der Waals surface area contributed by atoms with Crippen molar-refractivity contribution in [3.05, 3.63) is 130 Å². The van der Waals surface area contributed by atoms with Crippen LogP contribution >= 0.6 is 0 Å². The summed E-state index contributed by atoms with van der Waals surface area (Å²) in [7, 11) is 0. The van der Waals surface area contributed by atoms with Crippen LogP contribution < -0.4 is 0 Å². The standard InChI is InChI=1S/2C12H16.C7H8.C5H8/c1-9-4-5-11-10(8-9)6-7-12(11,2)3;1-9-4-5-10-6-7-12(2,3)11(10)8-9;1-7-5-3-2-4-6-7;1-4-5(2)3/h2*4-5,8H,6-7H2,1-3H3;2-6H,1H3;4H,1-2H2,3H3. The molecule has 36 heavy (non-hydrogen) atoms. The monoisotopic (exact) mass is 480 g/mol. The molecule has 0 aromatic heterocycles. The third-order valence-corrected chi connectivity index (χ3v) is 7.31. The summed E-state index contributed by atoms with van der Waals surface area (Å²) in [6, 6.07) is 24.0. The van der Waals surface area contributed by atoms with E-state index in [1.54, 1.807) is 28.3 Å². The van der Waals surface area contributed by atoms with Crippen molar-refractivity contribution in [3.63, 3.8) is 0 Å². The number of fused-ring (bicyclic) bond motifs is 2. The fourth-order valence-corrected chi connectivity index (χ4v) is 4.83. The van der Waals surface area contributed by atoms with Crippen LogP contribution in [0.1, 0.15) is 86.4 Å².